The van der Waals surface area contributed by atoms with Crippen LogP contribution in [0.25, 0.3) is 0 Å². The van der Waals surface area contributed by atoms with Crippen LogP contribution in [0.4, 0.5) is 4.39 Å². The topological polar surface area (TPSA) is 49.8 Å². The van der Waals surface area contributed by atoms with Crippen LogP contribution in [-0.2, 0) is 0 Å². The average molecular weight is 280 g/mol. The third kappa shape index (κ3) is 2.95. The molecule has 0 aliphatic carbocycles. The van der Waals surface area contributed by atoms with Gasteiger partial charge in [0.25, 0.3) is 0 Å². The first-order valence-electron chi connectivity index (χ1n) is 3.73. The van der Waals surface area contributed by atoms with E-state index in [1.807, 2.05) is 6.07 Å². The van der Waals surface area contributed by atoms with Crippen molar-refractivity contribution in [3.63, 3.8) is 0 Å². The van der Waals surface area contributed by atoms with E-state index in [0.717, 1.165) is 0 Å². The van der Waals surface area contributed by atoms with Crippen molar-refractivity contribution in [2.75, 3.05) is 0 Å². The Labute approximate surface area is 96.4 Å². The molecule has 1 aromatic carbocycles. The third-order valence-corrected chi connectivity index (χ3v) is 2.53. The van der Waals surface area contributed by atoms with Crippen LogP contribution < -0.4 is 5.73 Å². The molecule has 0 heterocycles. The van der Waals surface area contributed by atoms with Gasteiger partial charge in [-0.3, -0.25) is 0 Å². The van der Waals surface area contributed by atoms with Gasteiger partial charge in [0.1, 0.15) is 5.82 Å². The Morgan fingerprint density at radius 3 is 2.79 bits per heavy atom. The monoisotopic (exact) mass is 278 g/mol. The van der Waals surface area contributed by atoms with Gasteiger partial charge >= 0.3 is 0 Å². The van der Waals surface area contributed by atoms with E-state index in [9.17, 15) is 4.39 Å². The van der Waals surface area contributed by atoms with Crippen LogP contribution in [0, 0.1) is 17.1 Å². The van der Waals surface area contributed by atoms with Crippen LogP contribution in [0.2, 0.25) is 0 Å². The van der Waals surface area contributed by atoms with Gasteiger partial charge in [0.15, 0.2) is 0 Å². The Hall–Kier alpha value is -0.630. The number of halogens is 3. The zero-order valence-electron chi connectivity index (χ0n) is 7.21. The van der Waals surface area contributed by atoms with Crippen LogP contribution in [0.1, 0.15) is 18.0 Å². The van der Waals surface area contributed by atoms with Crippen molar-refractivity contribution < 1.29 is 4.39 Å². The van der Waals surface area contributed by atoms with Gasteiger partial charge in [-0.15, -0.1) is 12.4 Å². The lowest BCUT2D eigenvalue weighted by molar-refractivity contribution is 0.612. The van der Waals surface area contributed by atoms with Crippen molar-refractivity contribution >= 4 is 28.3 Å². The lowest BCUT2D eigenvalue weighted by atomic mass is 10.1. The summed E-state index contributed by atoms with van der Waals surface area (Å²) < 4.78 is 13.3. The lowest BCUT2D eigenvalue weighted by Gasteiger charge is -2.10. The Morgan fingerprint density at radius 2 is 2.21 bits per heavy atom. The zero-order valence-corrected chi connectivity index (χ0v) is 9.61. The molecular formula is C9H9BrClFN2. The van der Waals surface area contributed by atoms with E-state index < -0.39 is 6.04 Å². The Bertz CT molecular complexity index is 351. The fraction of sp³-hybridized carbons (Fsp3) is 0.222. The molecule has 0 saturated carbocycles. The largest absolute Gasteiger partial charge is 0.323 e. The maximum absolute atomic E-state index is 13.0. The molecule has 0 spiro atoms. The molecule has 0 fully saturated rings. The summed E-state index contributed by atoms with van der Waals surface area (Å²) in [5, 5.41) is 8.42. The Morgan fingerprint density at radius 1 is 1.57 bits per heavy atom. The van der Waals surface area contributed by atoms with Crippen molar-refractivity contribution in [2.24, 2.45) is 5.73 Å². The van der Waals surface area contributed by atoms with Gasteiger partial charge in [-0.25, -0.2) is 4.39 Å². The van der Waals surface area contributed by atoms with Gasteiger partial charge < -0.3 is 5.73 Å². The average Bonchev–Trinajstić information content (AvgIpc) is 2.10. The van der Waals surface area contributed by atoms with E-state index >= 15 is 0 Å². The first-order valence-corrected chi connectivity index (χ1v) is 4.52. The van der Waals surface area contributed by atoms with Crippen LogP contribution in [0.3, 0.4) is 0 Å². The highest BCUT2D eigenvalue weighted by Crippen LogP contribution is 2.26. The summed E-state index contributed by atoms with van der Waals surface area (Å²) in [6.07, 6.45) is 0.183. The molecule has 0 aliphatic rings. The predicted octanol–water partition coefficient (Wildman–Crippen LogP) is 2.92. The van der Waals surface area contributed by atoms with Gasteiger partial charge in [0, 0.05) is 6.04 Å². The smallest absolute Gasteiger partial charge is 0.137 e. The highest BCUT2D eigenvalue weighted by Gasteiger charge is 2.11. The first-order chi connectivity index (χ1) is 6.16. The van der Waals surface area contributed by atoms with Crippen LogP contribution in [-0.4, -0.2) is 0 Å². The number of nitrogens with zero attached hydrogens (tertiary/aromatic N) is 1. The number of hydrogen-bond donors (Lipinski definition) is 1. The molecule has 2 N–H and O–H groups in total. The molecule has 14 heavy (non-hydrogen) atoms. The molecule has 0 saturated heterocycles. The first kappa shape index (κ1) is 13.4. The van der Waals surface area contributed by atoms with Crippen LogP contribution >= 0.6 is 28.3 Å². The maximum atomic E-state index is 13.0. The van der Waals surface area contributed by atoms with Gasteiger partial charge in [-0.05, 0) is 27.6 Å². The highest BCUT2D eigenvalue weighted by molar-refractivity contribution is 9.10. The van der Waals surface area contributed by atoms with E-state index in [-0.39, 0.29) is 24.6 Å². The molecule has 2 nitrogen and oxygen atoms in total. The Kier molecular flexibility index (Phi) is 5.70. The van der Waals surface area contributed by atoms with E-state index in [4.69, 9.17) is 11.0 Å². The standard InChI is InChI=1S/C9H8BrFN2.ClH/c10-9-6(8(13)4-5-12)2-1-3-7(9)11;/h1-3,8H,4,13H2;1H/t8-;/m0./s1. The summed E-state index contributed by atoms with van der Waals surface area (Å²) >= 11 is 3.09. The van der Waals surface area contributed by atoms with E-state index in [1.165, 1.54) is 6.07 Å². The molecule has 0 aliphatic heterocycles. The molecule has 0 aromatic heterocycles. The molecule has 0 radical (unpaired) electrons. The van der Waals surface area contributed by atoms with E-state index in [1.54, 1.807) is 12.1 Å². The third-order valence-electron chi connectivity index (χ3n) is 1.69. The number of nitrogens with two attached hydrogens (primary N) is 1. The molecule has 1 atom stereocenters. The van der Waals surface area contributed by atoms with Crippen molar-refractivity contribution in [3.8, 4) is 6.07 Å². The fourth-order valence-corrected chi connectivity index (χ4v) is 1.57. The van der Waals surface area contributed by atoms with Gasteiger partial charge in [-0.2, -0.15) is 5.26 Å². The minimum Gasteiger partial charge on any atom is -0.323 e. The molecular weight excluding hydrogens is 270 g/mol. The van der Waals surface area contributed by atoms with Crippen molar-refractivity contribution in [2.45, 2.75) is 12.5 Å². The van der Waals surface area contributed by atoms with Gasteiger partial charge in [-0.1, -0.05) is 12.1 Å². The lowest BCUT2D eigenvalue weighted by Crippen LogP contribution is -2.10. The minimum atomic E-state index is -0.435. The fourth-order valence-electron chi connectivity index (χ4n) is 1.02. The number of nitriles is 1. The van der Waals surface area contributed by atoms with Crippen LogP contribution in [0.15, 0.2) is 22.7 Å². The second kappa shape index (κ2) is 5.97. The van der Waals surface area contributed by atoms with E-state index in [2.05, 4.69) is 15.9 Å². The quantitative estimate of drug-likeness (QED) is 0.905. The molecule has 0 amide bonds. The normalized spacial score (nSPS) is 11.3. The number of benzene rings is 1. The van der Waals surface area contributed by atoms with Crippen LogP contribution in [0.5, 0.6) is 0 Å². The predicted molar refractivity (Wildman–Crippen MR) is 58.5 cm³/mol. The number of rotatable bonds is 2. The second-order valence-electron chi connectivity index (χ2n) is 2.61. The second-order valence-corrected chi connectivity index (χ2v) is 3.40. The van der Waals surface area contributed by atoms with E-state index in [0.29, 0.717) is 10.0 Å². The molecule has 0 bridgehead atoms. The summed E-state index contributed by atoms with van der Waals surface area (Å²) in [5.41, 5.74) is 6.28. The SMILES string of the molecule is Cl.N#CC[C@H](N)c1cccc(F)c1Br. The molecule has 0 unspecified atom stereocenters. The molecule has 1 aromatic rings. The summed E-state index contributed by atoms with van der Waals surface area (Å²) in [4.78, 5) is 0. The summed E-state index contributed by atoms with van der Waals surface area (Å²) in [5.74, 6) is -0.356. The van der Waals surface area contributed by atoms with Crippen molar-refractivity contribution in [1.29, 1.82) is 5.26 Å². The van der Waals surface area contributed by atoms with Gasteiger partial charge in [0.05, 0.1) is 17.0 Å². The number of hydrogen-bond acceptors (Lipinski definition) is 2. The minimum absolute atomic E-state index is 0. The maximum Gasteiger partial charge on any atom is 0.137 e. The summed E-state index contributed by atoms with van der Waals surface area (Å²) in [6, 6.07) is 6.13. The van der Waals surface area contributed by atoms with Gasteiger partial charge in [0.2, 0.25) is 0 Å². The zero-order chi connectivity index (χ0) is 9.84. The summed E-state index contributed by atoms with van der Waals surface area (Å²) in [7, 11) is 0. The summed E-state index contributed by atoms with van der Waals surface area (Å²) in [6.45, 7) is 0. The molecule has 1 rings (SSSR count). The highest BCUT2D eigenvalue weighted by atomic mass is 79.9. The Balaban J connectivity index is 0.00000169. The molecule has 76 valence electrons. The van der Waals surface area contributed by atoms with Crippen molar-refractivity contribution in [1.82, 2.24) is 0 Å². The van der Waals surface area contributed by atoms with Crippen molar-refractivity contribution in [3.05, 3.63) is 34.1 Å². The molecule has 5 heteroatoms.